The van der Waals surface area contributed by atoms with E-state index in [1.165, 1.54) is 25.7 Å². The number of hydrogen-bond acceptors (Lipinski definition) is 3. The summed E-state index contributed by atoms with van der Waals surface area (Å²) in [5.41, 5.74) is 0. The molecule has 1 aliphatic carbocycles. The van der Waals surface area contributed by atoms with Crippen molar-refractivity contribution in [3.63, 3.8) is 0 Å². The minimum absolute atomic E-state index is 0.216. The third-order valence-corrected chi connectivity index (χ3v) is 3.50. The molecule has 0 bridgehead atoms. The predicted molar refractivity (Wildman–Crippen MR) is 68.7 cm³/mol. The molecule has 1 fully saturated rings. The first-order valence-electron chi connectivity index (χ1n) is 6.90. The van der Waals surface area contributed by atoms with Crippen LogP contribution in [0.5, 0.6) is 0 Å². The summed E-state index contributed by atoms with van der Waals surface area (Å²) >= 11 is 0. The molecule has 0 saturated heterocycles. The van der Waals surface area contributed by atoms with E-state index in [1.807, 2.05) is 0 Å². The van der Waals surface area contributed by atoms with Crippen molar-refractivity contribution in [2.45, 2.75) is 58.1 Å². The molecule has 1 rings (SSSR count). The fourth-order valence-corrected chi connectivity index (χ4v) is 2.59. The lowest BCUT2D eigenvalue weighted by Gasteiger charge is -2.29. The predicted octanol–water partition coefficient (Wildman–Crippen LogP) is 1.61. The quantitative estimate of drug-likeness (QED) is 0.620. The van der Waals surface area contributed by atoms with Crippen LogP contribution in [0.3, 0.4) is 0 Å². The van der Waals surface area contributed by atoms with E-state index in [0.29, 0.717) is 0 Å². The average molecular weight is 228 g/mol. The lowest BCUT2D eigenvalue weighted by Crippen LogP contribution is -2.42. The van der Waals surface area contributed by atoms with Gasteiger partial charge in [0.25, 0.3) is 0 Å². The van der Waals surface area contributed by atoms with E-state index in [9.17, 15) is 5.11 Å². The number of nitrogens with one attached hydrogen (secondary N) is 1. The smallest absolute Gasteiger partial charge is 0.0791 e. The minimum atomic E-state index is -0.216. The highest BCUT2D eigenvalue weighted by molar-refractivity contribution is 4.78. The van der Waals surface area contributed by atoms with E-state index in [1.54, 1.807) is 0 Å². The average Bonchev–Trinajstić information content (AvgIpc) is 2.79. The summed E-state index contributed by atoms with van der Waals surface area (Å²) in [5, 5.41) is 13.2. The van der Waals surface area contributed by atoms with E-state index in [-0.39, 0.29) is 6.10 Å². The standard InChI is InChI=1S/C13H28N2O/c1-3-9-14-10-13(16)11-15(4-2)12-7-5-6-8-12/h12-14,16H,3-11H2,1-2H3. The van der Waals surface area contributed by atoms with Gasteiger partial charge in [0.1, 0.15) is 0 Å². The van der Waals surface area contributed by atoms with Crippen LogP contribution in [0.2, 0.25) is 0 Å². The van der Waals surface area contributed by atoms with Crippen molar-refractivity contribution >= 4 is 0 Å². The van der Waals surface area contributed by atoms with Gasteiger partial charge in [0.2, 0.25) is 0 Å². The largest absolute Gasteiger partial charge is 0.390 e. The number of likely N-dealkylation sites (N-methyl/N-ethyl adjacent to an activating group) is 1. The van der Waals surface area contributed by atoms with Crippen LogP contribution in [-0.2, 0) is 0 Å². The minimum Gasteiger partial charge on any atom is -0.390 e. The summed E-state index contributed by atoms with van der Waals surface area (Å²) in [4.78, 5) is 2.45. The highest BCUT2D eigenvalue weighted by Gasteiger charge is 2.22. The van der Waals surface area contributed by atoms with E-state index in [0.717, 1.165) is 38.6 Å². The molecular formula is C13H28N2O. The van der Waals surface area contributed by atoms with Gasteiger partial charge in [0.15, 0.2) is 0 Å². The second kappa shape index (κ2) is 8.04. The van der Waals surface area contributed by atoms with Crippen molar-refractivity contribution in [2.75, 3.05) is 26.2 Å². The van der Waals surface area contributed by atoms with Crippen molar-refractivity contribution < 1.29 is 5.11 Å². The van der Waals surface area contributed by atoms with Gasteiger partial charge in [-0.25, -0.2) is 0 Å². The molecule has 96 valence electrons. The van der Waals surface area contributed by atoms with Crippen molar-refractivity contribution in [2.24, 2.45) is 0 Å². The summed E-state index contributed by atoms with van der Waals surface area (Å²) in [6.45, 7) is 7.98. The molecule has 16 heavy (non-hydrogen) atoms. The number of hydrogen-bond donors (Lipinski definition) is 2. The Bertz CT molecular complexity index is 169. The van der Waals surface area contributed by atoms with Gasteiger partial charge in [-0.05, 0) is 32.4 Å². The monoisotopic (exact) mass is 228 g/mol. The van der Waals surface area contributed by atoms with Gasteiger partial charge in [0.05, 0.1) is 6.10 Å². The molecule has 1 saturated carbocycles. The molecule has 1 atom stereocenters. The molecule has 1 aliphatic rings. The molecule has 0 aromatic heterocycles. The summed E-state index contributed by atoms with van der Waals surface area (Å²) in [7, 11) is 0. The Morgan fingerprint density at radius 3 is 2.56 bits per heavy atom. The zero-order chi connectivity index (χ0) is 11.8. The van der Waals surface area contributed by atoms with Crippen LogP contribution < -0.4 is 5.32 Å². The Hall–Kier alpha value is -0.120. The first-order valence-corrected chi connectivity index (χ1v) is 6.90. The van der Waals surface area contributed by atoms with Gasteiger partial charge >= 0.3 is 0 Å². The normalized spacial score (nSPS) is 19.5. The van der Waals surface area contributed by atoms with Crippen molar-refractivity contribution in [1.82, 2.24) is 10.2 Å². The summed E-state index contributed by atoms with van der Waals surface area (Å²) in [5.74, 6) is 0. The molecule has 3 heteroatoms. The Morgan fingerprint density at radius 2 is 2.00 bits per heavy atom. The maximum atomic E-state index is 9.93. The zero-order valence-corrected chi connectivity index (χ0v) is 10.9. The third-order valence-electron chi connectivity index (χ3n) is 3.50. The Balaban J connectivity index is 2.20. The molecule has 2 N–H and O–H groups in total. The molecule has 0 aromatic carbocycles. The molecule has 0 aliphatic heterocycles. The first-order chi connectivity index (χ1) is 7.77. The van der Waals surface area contributed by atoms with Gasteiger partial charge in [-0.3, -0.25) is 4.90 Å². The first kappa shape index (κ1) is 13.9. The van der Waals surface area contributed by atoms with Crippen LogP contribution in [0.15, 0.2) is 0 Å². The second-order valence-electron chi connectivity index (χ2n) is 4.88. The van der Waals surface area contributed by atoms with Crippen molar-refractivity contribution in [3.8, 4) is 0 Å². The Kier molecular flexibility index (Phi) is 7.01. The molecule has 1 unspecified atom stereocenters. The van der Waals surface area contributed by atoms with Crippen molar-refractivity contribution in [3.05, 3.63) is 0 Å². The van der Waals surface area contributed by atoms with E-state index < -0.39 is 0 Å². The summed E-state index contributed by atoms with van der Waals surface area (Å²) in [6, 6.07) is 0.728. The Morgan fingerprint density at radius 1 is 1.31 bits per heavy atom. The molecule has 3 nitrogen and oxygen atoms in total. The molecule has 0 aromatic rings. The number of aliphatic hydroxyl groups excluding tert-OH is 1. The third kappa shape index (κ3) is 4.81. The van der Waals surface area contributed by atoms with E-state index >= 15 is 0 Å². The van der Waals surface area contributed by atoms with Gasteiger partial charge in [-0.2, -0.15) is 0 Å². The maximum absolute atomic E-state index is 9.93. The van der Waals surface area contributed by atoms with Crippen LogP contribution in [0.1, 0.15) is 46.0 Å². The topological polar surface area (TPSA) is 35.5 Å². The highest BCUT2D eigenvalue weighted by atomic mass is 16.3. The van der Waals surface area contributed by atoms with Gasteiger partial charge in [-0.1, -0.05) is 26.7 Å². The van der Waals surface area contributed by atoms with E-state index in [4.69, 9.17) is 0 Å². The SMILES string of the molecule is CCCNCC(O)CN(CC)C1CCCC1. The zero-order valence-electron chi connectivity index (χ0n) is 10.9. The maximum Gasteiger partial charge on any atom is 0.0791 e. The molecule has 0 heterocycles. The molecule has 0 amide bonds. The number of aliphatic hydroxyl groups is 1. The van der Waals surface area contributed by atoms with Crippen LogP contribution >= 0.6 is 0 Å². The molecular weight excluding hydrogens is 200 g/mol. The lowest BCUT2D eigenvalue weighted by molar-refractivity contribution is 0.0908. The highest BCUT2D eigenvalue weighted by Crippen LogP contribution is 2.23. The fourth-order valence-electron chi connectivity index (χ4n) is 2.59. The Labute approximate surface area is 100 Å². The van der Waals surface area contributed by atoms with Crippen LogP contribution in [-0.4, -0.2) is 48.3 Å². The molecule has 0 spiro atoms. The summed E-state index contributed by atoms with van der Waals surface area (Å²) < 4.78 is 0. The van der Waals surface area contributed by atoms with Crippen LogP contribution in [0.25, 0.3) is 0 Å². The van der Waals surface area contributed by atoms with Crippen LogP contribution in [0.4, 0.5) is 0 Å². The van der Waals surface area contributed by atoms with Gasteiger partial charge in [0, 0.05) is 19.1 Å². The second-order valence-corrected chi connectivity index (χ2v) is 4.88. The van der Waals surface area contributed by atoms with Gasteiger partial charge in [-0.15, -0.1) is 0 Å². The number of nitrogens with zero attached hydrogens (tertiary/aromatic N) is 1. The van der Waals surface area contributed by atoms with Gasteiger partial charge < -0.3 is 10.4 Å². The van der Waals surface area contributed by atoms with Crippen molar-refractivity contribution in [1.29, 1.82) is 0 Å². The lowest BCUT2D eigenvalue weighted by atomic mass is 10.2. The fraction of sp³-hybridized carbons (Fsp3) is 1.00. The van der Waals surface area contributed by atoms with E-state index in [2.05, 4.69) is 24.1 Å². The van der Waals surface area contributed by atoms with Crippen LogP contribution in [0, 0.1) is 0 Å². The number of rotatable bonds is 8. The molecule has 0 radical (unpaired) electrons. The summed E-state index contributed by atoms with van der Waals surface area (Å²) in [6.07, 6.45) is 6.29.